The zero-order chi connectivity index (χ0) is 23.1. The Balaban J connectivity index is 1.43. The van der Waals surface area contributed by atoms with Crippen LogP contribution in [0.15, 0.2) is 47.3 Å². The summed E-state index contributed by atoms with van der Waals surface area (Å²) < 4.78 is 3.40. The third-order valence-corrected chi connectivity index (χ3v) is 7.51. The molecule has 5 rings (SSSR count). The van der Waals surface area contributed by atoms with Gasteiger partial charge in [0.2, 0.25) is 5.91 Å². The van der Waals surface area contributed by atoms with Crippen LogP contribution in [0.5, 0.6) is 0 Å². The van der Waals surface area contributed by atoms with Gasteiger partial charge in [-0.1, -0.05) is 24.3 Å². The lowest BCUT2D eigenvalue weighted by molar-refractivity contribution is -0.120. The fraction of sp³-hybridized carbons (Fsp3) is 0.423. The molecule has 7 heteroatoms. The highest BCUT2D eigenvalue weighted by molar-refractivity contribution is 5.82. The number of carbonyl (C=O) groups is 1. The van der Waals surface area contributed by atoms with Gasteiger partial charge in [0.05, 0.1) is 22.7 Å². The summed E-state index contributed by atoms with van der Waals surface area (Å²) in [6, 6.07) is 15.8. The number of para-hydroxylation sites is 2. The van der Waals surface area contributed by atoms with Crippen molar-refractivity contribution in [2.24, 2.45) is 5.73 Å². The highest BCUT2D eigenvalue weighted by Gasteiger charge is 2.32. The molecule has 2 atom stereocenters. The first-order valence-corrected chi connectivity index (χ1v) is 11.8. The molecule has 7 nitrogen and oxygen atoms in total. The number of carbonyl (C=O) groups excluding carboxylic acids is 1. The summed E-state index contributed by atoms with van der Waals surface area (Å²) in [5.41, 5.74) is 10.3. The molecule has 2 N–H and O–H groups in total. The standard InChI is InChI=1S/C26H29N5O2/c1-17(25(28)32)30-23-9-2-3-10-24(23)31(26(30)33)19-12-14-29(15-13-19)22-11-5-7-20-18(16-27)6-4-8-21(20)22/h2-4,6,8-10,17,19,22H,5,7,11-15H2,1H3,(H2,28,32). The first-order chi connectivity index (χ1) is 16.0. The number of likely N-dealkylation sites (tertiary alicyclic amines) is 1. The van der Waals surface area contributed by atoms with Crippen LogP contribution in [0, 0.1) is 11.3 Å². The number of piperidine rings is 1. The Morgan fingerprint density at radius 3 is 2.52 bits per heavy atom. The number of primary amides is 1. The van der Waals surface area contributed by atoms with E-state index in [4.69, 9.17) is 5.73 Å². The van der Waals surface area contributed by atoms with Crippen molar-refractivity contribution in [1.82, 2.24) is 14.0 Å². The van der Waals surface area contributed by atoms with Crippen molar-refractivity contribution in [2.75, 3.05) is 13.1 Å². The number of hydrogen-bond acceptors (Lipinski definition) is 4. The Hall–Kier alpha value is -3.37. The molecule has 2 unspecified atom stereocenters. The quantitative estimate of drug-likeness (QED) is 0.668. The van der Waals surface area contributed by atoms with Gasteiger partial charge in [-0.3, -0.25) is 18.8 Å². The maximum absolute atomic E-state index is 13.4. The average molecular weight is 444 g/mol. The molecule has 2 aromatic carbocycles. The fourth-order valence-corrected chi connectivity index (χ4v) is 5.81. The minimum Gasteiger partial charge on any atom is -0.368 e. The number of hydrogen-bond donors (Lipinski definition) is 1. The van der Waals surface area contributed by atoms with E-state index < -0.39 is 11.9 Å². The molecule has 1 aliphatic carbocycles. The van der Waals surface area contributed by atoms with Crippen molar-refractivity contribution in [3.8, 4) is 6.07 Å². The van der Waals surface area contributed by atoms with Crippen LogP contribution in [0.3, 0.4) is 0 Å². The molecule has 0 spiro atoms. The SMILES string of the molecule is CC(C(N)=O)n1c(=O)n(C2CCN(C3CCCc4c(C#N)cccc43)CC2)c2ccccc21. The van der Waals surface area contributed by atoms with Gasteiger partial charge in [0.25, 0.3) is 0 Å². The zero-order valence-electron chi connectivity index (χ0n) is 18.9. The van der Waals surface area contributed by atoms with Crippen LogP contribution in [0.2, 0.25) is 0 Å². The third-order valence-electron chi connectivity index (χ3n) is 7.51. The summed E-state index contributed by atoms with van der Waals surface area (Å²) in [7, 11) is 0. The Bertz CT molecular complexity index is 1310. The second-order valence-corrected chi connectivity index (χ2v) is 9.25. The largest absolute Gasteiger partial charge is 0.368 e. The molecular formula is C26H29N5O2. The second-order valence-electron chi connectivity index (χ2n) is 9.25. The molecule has 1 amide bonds. The van der Waals surface area contributed by atoms with Crippen molar-refractivity contribution >= 4 is 16.9 Å². The molecule has 1 aromatic heterocycles. The van der Waals surface area contributed by atoms with E-state index in [1.54, 1.807) is 6.92 Å². The predicted molar refractivity (Wildman–Crippen MR) is 127 cm³/mol. The first kappa shape index (κ1) is 21.5. The maximum Gasteiger partial charge on any atom is 0.330 e. The Morgan fingerprint density at radius 1 is 1.09 bits per heavy atom. The van der Waals surface area contributed by atoms with Crippen molar-refractivity contribution in [3.63, 3.8) is 0 Å². The molecule has 0 saturated carbocycles. The highest BCUT2D eigenvalue weighted by atomic mass is 16.2. The number of nitriles is 1. The lowest BCUT2D eigenvalue weighted by Crippen LogP contribution is -2.41. The van der Waals surface area contributed by atoms with E-state index in [0.717, 1.165) is 61.8 Å². The van der Waals surface area contributed by atoms with Crippen LogP contribution < -0.4 is 11.4 Å². The van der Waals surface area contributed by atoms with Gasteiger partial charge in [0, 0.05) is 25.2 Å². The van der Waals surface area contributed by atoms with Gasteiger partial charge >= 0.3 is 5.69 Å². The van der Waals surface area contributed by atoms with Crippen molar-refractivity contribution in [2.45, 2.75) is 57.2 Å². The predicted octanol–water partition coefficient (Wildman–Crippen LogP) is 3.44. The van der Waals surface area contributed by atoms with Crippen LogP contribution in [-0.2, 0) is 11.2 Å². The van der Waals surface area contributed by atoms with E-state index in [1.807, 2.05) is 41.0 Å². The lowest BCUT2D eigenvalue weighted by atomic mass is 9.83. The molecule has 2 aliphatic rings. The fourth-order valence-electron chi connectivity index (χ4n) is 5.81. The smallest absolute Gasteiger partial charge is 0.330 e. The van der Waals surface area contributed by atoms with E-state index in [-0.39, 0.29) is 11.7 Å². The van der Waals surface area contributed by atoms with Gasteiger partial charge in [-0.05, 0) is 68.4 Å². The zero-order valence-corrected chi connectivity index (χ0v) is 18.9. The summed E-state index contributed by atoms with van der Waals surface area (Å²) in [6.45, 7) is 3.46. The Morgan fingerprint density at radius 2 is 1.82 bits per heavy atom. The summed E-state index contributed by atoms with van der Waals surface area (Å²) in [5.74, 6) is -0.512. The minimum atomic E-state index is -0.697. The van der Waals surface area contributed by atoms with Gasteiger partial charge in [0.15, 0.2) is 0 Å². The maximum atomic E-state index is 13.4. The number of nitrogens with zero attached hydrogens (tertiary/aromatic N) is 4. The summed E-state index contributed by atoms with van der Waals surface area (Å²) in [6.07, 6.45) is 4.89. The number of aromatic nitrogens is 2. The molecule has 170 valence electrons. The number of nitrogens with two attached hydrogens (primary N) is 1. The van der Waals surface area contributed by atoms with Crippen LogP contribution in [0.25, 0.3) is 11.0 Å². The summed E-state index contributed by atoms with van der Waals surface area (Å²) in [5, 5.41) is 9.51. The molecule has 1 fully saturated rings. The van der Waals surface area contributed by atoms with E-state index in [1.165, 1.54) is 15.7 Å². The van der Waals surface area contributed by atoms with Gasteiger partial charge in [-0.15, -0.1) is 0 Å². The molecule has 0 bridgehead atoms. The van der Waals surface area contributed by atoms with E-state index in [2.05, 4.69) is 17.0 Å². The lowest BCUT2D eigenvalue weighted by Gasteiger charge is -2.40. The number of imidazole rings is 1. The van der Waals surface area contributed by atoms with Crippen LogP contribution in [0.1, 0.15) is 67.4 Å². The molecule has 33 heavy (non-hydrogen) atoms. The Kier molecular flexibility index (Phi) is 5.55. The van der Waals surface area contributed by atoms with E-state index >= 15 is 0 Å². The monoisotopic (exact) mass is 443 g/mol. The van der Waals surface area contributed by atoms with Crippen LogP contribution in [-0.4, -0.2) is 33.0 Å². The molecule has 3 aromatic rings. The Labute approximate surface area is 193 Å². The molecule has 2 heterocycles. The number of rotatable bonds is 4. The van der Waals surface area contributed by atoms with Gasteiger partial charge < -0.3 is 5.73 Å². The summed E-state index contributed by atoms with van der Waals surface area (Å²) >= 11 is 0. The highest BCUT2D eigenvalue weighted by Crippen LogP contribution is 2.38. The van der Waals surface area contributed by atoms with Gasteiger partial charge in [0.1, 0.15) is 6.04 Å². The molecular weight excluding hydrogens is 414 g/mol. The first-order valence-electron chi connectivity index (χ1n) is 11.8. The number of benzene rings is 2. The average Bonchev–Trinajstić information content (AvgIpc) is 3.14. The van der Waals surface area contributed by atoms with Crippen LogP contribution >= 0.6 is 0 Å². The van der Waals surface area contributed by atoms with E-state index in [9.17, 15) is 14.9 Å². The molecule has 0 radical (unpaired) electrons. The van der Waals surface area contributed by atoms with Gasteiger partial charge in [-0.2, -0.15) is 5.26 Å². The molecule has 1 aliphatic heterocycles. The van der Waals surface area contributed by atoms with Gasteiger partial charge in [-0.25, -0.2) is 4.79 Å². The van der Waals surface area contributed by atoms with Crippen molar-refractivity contribution < 1.29 is 4.79 Å². The minimum absolute atomic E-state index is 0.0773. The number of fused-ring (bicyclic) bond motifs is 2. The van der Waals surface area contributed by atoms with E-state index in [0.29, 0.717) is 6.04 Å². The van der Waals surface area contributed by atoms with Crippen molar-refractivity contribution in [1.29, 1.82) is 5.26 Å². The van der Waals surface area contributed by atoms with Crippen LogP contribution in [0.4, 0.5) is 0 Å². The topological polar surface area (TPSA) is 97.1 Å². The second kappa shape index (κ2) is 8.53. The third kappa shape index (κ3) is 3.55. The normalized spacial score (nSPS) is 20.3. The summed E-state index contributed by atoms with van der Waals surface area (Å²) in [4.78, 5) is 27.8. The van der Waals surface area contributed by atoms with Crippen molar-refractivity contribution in [3.05, 3.63) is 69.6 Å². The molecule has 1 saturated heterocycles. The number of amides is 1.